The van der Waals surface area contributed by atoms with E-state index in [0.29, 0.717) is 17.8 Å². The van der Waals surface area contributed by atoms with Crippen molar-refractivity contribution in [3.8, 4) is 5.88 Å². The first-order valence-electron chi connectivity index (χ1n) is 12.3. The lowest BCUT2D eigenvalue weighted by molar-refractivity contribution is 0.00420. The van der Waals surface area contributed by atoms with Crippen molar-refractivity contribution in [3.63, 3.8) is 0 Å². The van der Waals surface area contributed by atoms with E-state index >= 15 is 0 Å². The Morgan fingerprint density at radius 2 is 1.91 bits per heavy atom. The summed E-state index contributed by atoms with van der Waals surface area (Å²) in [5.74, 6) is -0.905. The van der Waals surface area contributed by atoms with Gasteiger partial charge in [-0.15, -0.1) is 0 Å². The number of piperazine rings is 1. The molecule has 0 aromatic carbocycles. The highest BCUT2D eigenvalue weighted by Gasteiger charge is 2.32. The Balaban J connectivity index is 1.43. The van der Waals surface area contributed by atoms with Gasteiger partial charge in [0.1, 0.15) is 11.9 Å². The van der Waals surface area contributed by atoms with Crippen molar-refractivity contribution < 1.29 is 15.0 Å². The van der Waals surface area contributed by atoms with Crippen molar-refractivity contribution in [2.24, 2.45) is 5.92 Å². The number of hydrogen-bond donors (Lipinski definition) is 3. The Morgan fingerprint density at radius 1 is 1.21 bits per heavy atom. The summed E-state index contributed by atoms with van der Waals surface area (Å²) in [4.78, 5) is 30.5. The van der Waals surface area contributed by atoms with Crippen LogP contribution < -0.4 is 10.9 Å². The van der Waals surface area contributed by atoms with Gasteiger partial charge in [-0.25, -0.2) is 0 Å². The third kappa shape index (κ3) is 4.62. The fourth-order valence-corrected chi connectivity index (χ4v) is 4.67. The lowest BCUT2D eigenvalue weighted by Crippen LogP contribution is -2.50. The van der Waals surface area contributed by atoms with Crippen LogP contribution in [0.25, 0.3) is 11.7 Å². The summed E-state index contributed by atoms with van der Waals surface area (Å²) < 4.78 is 2.74. The summed E-state index contributed by atoms with van der Waals surface area (Å²) in [5, 5.41) is 28.6. The summed E-state index contributed by atoms with van der Waals surface area (Å²) in [6, 6.07) is 0.791. The first-order chi connectivity index (χ1) is 16.3. The quantitative estimate of drug-likeness (QED) is 0.524. The largest absolute Gasteiger partial charge is 0.492 e. The number of fused-ring (bicyclic) bond motifs is 1. The summed E-state index contributed by atoms with van der Waals surface area (Å²) in [7, 11) is 0. The van der Waals surface area contributed by atoms with Crippen molar-refractivity contribution in [2.45, 2.75) is 64.4 Å². The van der Waals surface area contributed by atoms with Gasteiger partial charge in [-0.1, -0.05) is 13.8 Å². The molecule has 1 aliphatic heterocycles. The maximum absolute atomic E-state index is 13.3. The van der Waals surface area contributed by atoms with Crippen LogP contribution in [0.2, 0.25) is 0 Å². The second kappa shape index (κ2) is 9.16. The Hall–Kier alpha value is -2.69. The minimum atomic E-state index is -0.751. The zero-order valence-electron chi connectivity index (χ0n) is 19.9. The van der Waals surface area contributed by atoms with Gasteiger partial charge in [-0.05, 0) is 43.8 Å². The third-order valence-corrected chi connectivity index (χ3v) is 6.83. The lowest BCUT2D eigenvalue weighted by atomic mass is 10.2. The second-order valence-electron chi connectivity index (χ2n) is 10.2. The van der Waals surface area contributed by atoms with Crippen LogP contribution in [-0.4, -0.2) is 84.6 Å². The highest BCUT2D eigenvalue weighted by molar-refractivity contribution is 5.96. The van der Waals surface area contributed by atoms with Crippen LogP contribution in [0, 0.1) is 5.92 Å². The zero-order chi connectivity index (χ0) is 24.0. The monoisotopic (exact) mass is 470 g/mol. The Bertz CT molecular complexity index is 1150. The fourth-order valence-electron chi connectivity index (χ4n) is 4.67. The van der Waals surface area contributed by atoms with Crippen LogP contribution in [0.3, 0.4) is 0 Å². The minimum Gasteiger partial charge on any atom is -0.492 e. The molecule has 34 heavy (non-hydrogen) atoms. The van der Waals surface area contributed by atoms with Crippen molar-refractivity contribution in [1.29, 1.82) is 0 Å². The molecule has 3 N–H and O–H groups in total. The molecule has 1 unspecified atom stereocenters. The van der Waals surface area contributed by atoms with Gasteiger partial charge in [0.05, 0.1) is 6.20 Å². The van der Waals surface area contributed by atoms with E-state index in [4.69, 9.17) is 0 Å². The molecule has 2 aromatic rings. The molecular weight excluding hydrogens is 436 g/mol. The third-order valence-electron chi connectivity index (χ3n) is 6.83. The van der Waals surface area contributed by atoms with Gasteiger partial charge in [0, 0.05) is 50.4 Å². The summed E-state index contributed by atoms with van der Waals surface area (Å²) in [6.07, 6.45) is 8.55. The Morgan fingerprint density at radius 3 is 2.53 bits per heavy atom. The normalized spacial score (nSPS) is 21.1. The lowest BCUT2D eigenvalue weighted by Gasteiger charge is -2.36. The van der Waals surface area contributed by atoms with E-state index in [0.717, 1.165) is 45.1 Å². The number of carbonyl (C=O) groups excluding carboxylic acids is 1. The number of nitrogens with zero attached hydrogens (tertiary/aromatic N) is 5. The molecule has 1 saturated heterocycles. The molecule has 1 atom stereocenters. The Labute approximate surface area is 198 Å². The molecule has 5 rings (SSSR count). The number of aromatic hydroxyl groups is 1. The maximum Gasteiger partial charge on any atom is 0.270 e. The van der Waals surface area contributed by atoms with Gasteiger partial charge in [-0.3, -0.25) is 24.0 Å². The van der Waals surface area contributed by atoms with Crippen molar-refractivity contribution in [1.82, 2.24) is 29.3 Å². The zero-order valence-corrected chi connectivity index (χ0v) is 19.9. The van der Waals surface area contributed by atoms with Crippen molar-refractivity contribution in [2.75, 3.05) is 26.2 Å². The van der Waals surface area contributed by atoms with Crippen molar-refractivity contribution in [3.05, 3.63) is 33.8 Å². The average molecular weight is 471 g/mol. The van der Waals surface area contributed by atoms with Crippen LogP contribution in [-0.2, 0) is 6.54 Å². The molecular formula is C24H34N6O4. The van der Waals surface area contributed by atoms with E-state index in [1.54, 1.807) is 18.3 Å². The standard InChI is InChI=1S/C24H34N6O4/c1-15(2)14-29-22-16(3-8-19(31)28-11-9-27(10-12-28)18-6-7-18)13-25-30(22)24(34)20(23(29)33)21(32)26-17-4-5-17/h3,8,13,15,17-19,31,34H,4-7,9-12,14H2,1-2H3,(H,26,32)/b8-3+. The van der Waals surface area contributed by atoms with Gasteiger partial charge >= 0.3 is 0 Å². The molecule has 0 bridgehead atoms. The molecule has 1 amide bonds. The number of aliphatic hydroxyl groups is 1. The predicted octanol–water partition coefficient (Wildman–Crippen LogP) is 0.861. The van der Waals surface area contributed by atoms with E-state index in [2.05, 4.69) is 15.3 Å². The van der Waals surface area contributed by atoms with E-state index in [9.17, 15) is 19.8 Å². The molecule has 3 heterocycles. The predicted molar refractivity (Wildman–Crippen MR) is 128 cm³/mol. The molecule has 2 saturated carbocycles. The van der Waals surface area contributed by atoms with Gasteiger partial charge < -0.3 is 15.5 Å². The minimum absolute atomic E-state index is 0.0595. The van der Waals surface area contributed by atoms with E-state index in [1.165, 1.54) is 21.9 Å². The van der Waals surface area contributed by atoms with Crippen LogP contribution in [0.5, 0.6) is 5.88 Å². The molecule has 2 aliphatic carbocycles. The highest BCUT2D eigenvalue weighted by Crippen LogP contribution is 2.28. The first-order valence-corrected chi connectivity index (χ1v) is 12.3. The van der Waals surface area contributed by atoms with Gasteiger partial charge in [0.2, 0.25) is 5.88 Å². The van der Waals surface area contributed by atoms with Gasteiger partial charge in [-0.2, -0.15) is 9.61 Å². The highest BCUT2D eigenvalue weighted by atomic mass is 16.3. The number of rotatable bonds is 8. The number of hydrogen-bond acceptors (Lipinski definition) is 7. The van der Waals surface area contributed by atoms with Crippen LogP contribution in [0.4, 0.5) is 0 Å². The van der Waals surface area contributed by atoms with Crippen LogP contribution in [0.15, 0.2) is 17.1 Å². The number of amides is 1. The molecule has 184 valence electrons. The molecule has 0 radical (unpaired) electrons. The molecule has 3 aliphatic rings. The molecule has 0 spiro atoms. The average Bonchev–Trinajstić information content (AvgIpc) is 3.74. The van der Waals surface area contributed by atoms with E-state index in [1.807, 2.05) is 18.7 Å². The number of aliphatic hydroxyl groups excluding tert-OH is 1. The number of nitrogens with one attached hydrogen (secondary N) is 1. The first kappa shape index (κ1) is 23.1. The van der Waals surface area contributed by atoms with Crippen LogP contribution >= 0.6 is 0 Å². The maximum atomic E-state index is 13.3. The van der Waals surface area contributed by atoms with Crippen LogP contribution in [0.1, 0.15) is 55.5 Å². The van der Waals surface area contributed by atoms with E-state index < -0.39 is 23.6 Å². The number of aromatic nitrogens is 3. The second-order valence-corrected chi connectivity index (χ2v) is 10.2. The molecule has 10 heteroatoms. The van der Waals surface area contributed by atoms with Gasteiger partial charge in [0.15, 0.2) is 5.56 Å². The molecule has 2 aromatic heterocycles. The van der Waals surface area contributed by atoms with E-state index in [-0.39, 0.29) is 17.5 Å². The fraction of sp³-hybridized carbons (Fsp3) is 0.625. The summed E-state index contributed by atoms with van der Waals surface area (Å²) >= 11 is 0. The van der Waals surface area contributed by atoms with Crippen molar-refractivity contribution >= 4 is 17.6 Å². The number of carbonyl (C=O) groups is 1. The van der Waals surface area contributed by atoms with Gasteiger partial charge in [0.25, 0.3) is 11.5 Å². The topological polar surface area (TPSA) is 115 Å². The SMILES string of the molecule is CC(C)Cn1c(=O)c(C(=O)NC2CC2)c(O)n2ncc(/C=C/C(O)N3CCN(C4CC4)CC3)c12. The Kier molecular flexibility index (Phi) is 6.22. The summed E-state index contributed by atoms with van der Waals surface area (Å²) in [5.41, 5.74) is 0.176. The summed E-state index contributed by atoms with van der Waals surface area (Å²) in [6.45, 7) is 7.85. The molecule has 3 fully saturated rings. The molecule has 10 nitrogen and oxygen atoms in total. The smallest absolute Gasteiger partial charge is 0.270 e.